The van der Waals surface area contributed by atoms with Gasteiger partial charge >= 0.3 is 5.97 Å². The van der Waals surface area contributed by atoms with E-state index in [1.807, 2.05) is 31.2 Å². The summed E-state index contributed by atoms with van der Waals surface area (Å²) >= 11 is 0. The molecule has 16 heavy (non-hydrogen) atoms. The van der Waals surface area contributed by atoms with E-state index in [1.54, 1.807) is 0 Å². The van der Waals surface area contributed by atoms with Crippen LogP contribution in [-0.2, 0) is 16.0 Å². The Balaban J connectivity index is 2.65. The van der Waals surface area contributed by atoms with Crippen LogP contribution in [0.3, 0.4) is 0 Å². The van der Waals surface area contributed by atoms with E-state index < -0.39 is 0 Å². The van der Waals surface area contributed by atoms with Crippen LogP contribution in [0.2, 0.25) is 0 Å². The smallest absolute Gasteiger partial charge is 0.308 e. The number of carbonyl (C=O) groups is 1. The normalized spacial score (nSPS) is 12.6. The van der Waals surface area contributed by atoms with Crippen LogP contribution in [0, 0.1) is 5.92 Å². The first-order valence-corrected chi connectivity index (χ1v) is 5.01. The molecule has 1 aromatic carbocycles. The molecule has 1 unspecified atom stereocenters. The molecule has 0 saturated heterocycles. The average Bonchev–Trinajstić information content (AvgIpc) is 2.31. The van der Waals surface area contributed by atoms with Crippen LogP contribution in [-0.4, -0.2) is 24.5 Å². The highest BCUT2D eigenvalue weighted by molar-refractivity contribution is 5.79. The van der Waals surface area contributed by atoms with Crippen LogP contribution >= 0.6 is 0 Å². The lowest BCUT2D eigenvalue weighted by Gasteiger charge is -2.08. The largest absolute Gasteiger partial charge is 0.469 e. The van der Waals surface area contributed by atoms with Crippen molar-refractivity contribution in [1.82, 2.24) is 0 Å². The van der Waals surface area contributed by atoms with Gasteiger partial charge in [0.15, 0.2) is 0 Å². The minimum atomic E-state index is -0.207. The molecule has 0 aliphatic heterocycles. The summed E-state index contributed by atoms with van der Waals surface area (Å²) in [5, 5.41) is 11.3. The van der Waals surface area contributed by atoms with Crippen LogP contribution in [0.1, 0.15) is 18.1 Å². The molecule has 86 valence electrons. The second kappa shape index (κ2) is 5.90. The molecular weight excluding hydrogens is 206 g/mol. The van der Waals surface area contributed by atoms with Gasteiger partial charge in [0.25, 0.3) is 0 Å². The van der Waals surface area contributed by atoms with Crippen LogP contribution in [0.15, 0.2) is 29.4 Å². The van der Waals surface area contributed by atoms with Crippen molar-refractivity contribution in [2.45, 2.75) is 13.3 Å². The minimum absolute atomic E-state index is 0.151. The number of oxime groups is 1. The van der Waals surface area contributed by atoms with Crippen molar-refractivity contribution in [1.29, 1.82) is 0 Å². The number of methoxy groups -OCH3 is 1. The second-order valence-corrected chi connectivity index (χ2v) is 3.61. The monoisotopic (exact) mass is 221 g/mol. The summed E-state index contributed by atoms with van der Waals surface area (Å²) in [6.45, 7) is 1.83. The topological polar surface area (TPSA) is 58.9 Å². The molecule has 0 spiro atoms. The molecule has 1 N–H and O–H groups in total. The third kappa shape index (κ3) is 3.38. The molecular formula is C12H15NO3. The predicted octanol–water partition coefficient (Wildman–Crippen LogP) is 1.85. The molecule has 0 radical (unpaired) electrons. The first-order chi connectivity index (χ1) is 7.67. The quantitative estimate of drug-likeness (QED) is 0.365. The van der Waals surface area contributed by atoms with Gasteiger partial charge in [-0.1, -0.05) is 36.3 Å². The minimum Gasteiger partial charge on any atom is -0.469 e. The molecule has 0 amide bonds. The van der Waals surface area contributed by atoms with Crippen molar-refractivity contribution in [3.8, 4) is 0 Å². The molecule has 1 aromatic rings. The third-order valence-electron chi connectivity index (χ3n) is 2.33. The van der Waals surface area contributed by atoms with Gasteiger partial charge in [-0.2, -0.15) is 0 Å². The predicted molar refractivity (Wildman–Crippen MR) is 60.7 cm³/mol. The van der Waals surface area contributed by atoms with Crippen LogP contribution in [0.25, 0.3) is 0 Å². The number of carbonyl (C=O) groups excluding carboxylic acids is 1. The molecule has 0 aliphatic rings. The summed E-state index contributed by atoms with van der Waals surface area (Å²) in [5.41, 5.74) is 1.87. The first-order valence-electron chi connectivity index (χ1n) is 5.01. The average molecular weight is 221 g/mol. The Hall–Kier alpha value is -1.84. The fourth-order valence-corrected chi connectivity index (χ4v) is 1.44. The number of hydrogen-bond donors (Lipinski definition) is 1. The van der Waals surface area contributed by atoms with E-state index in [4.69, 9.17) is 5.21 Å². The zero-order chi connectivity index (χ0) is 12.0. The Morgan fingerprint density at radius 1 is 1.50 bits per heavy atom. The van der Waals surface area contributed by atoms with Crippen molar-refractivity contribution < 1.29 is 14.7 Å². The lowest BCUT2D eigenvalue weighted by molar-refractivity contribution is -0.144. The van der Waals surface area contributed by atoms with E-state index >= 15 is 0 Å². The van der Waals surface area contributed by atoms with Crippen molar-refractivity contribution in [3.05, 3.63) is 35.4 Å². The molecule has 0 bridgehead atoms. The van der Waals surface area contributed by atoms with Crippen LogP contribution < -0.4 is 0 Å². The van der Waals surface area contributed by atoms with Gasteiger partial charge in [-0.05, 0) is 17.5 Å². The van der Waals surface area contributed by atoms with E-state index in [1.165, 1.54) is 13.3 Å². The van der Waals surface area contributed by atoms with E-state index in [-0.39, 0.29) is 11.9 Å². The zero-order valence-electron chi connectivity index (χ0n) is 9.38. The van der Waals surface area contributed by atoms with E-state index in [2.05, 4.69) is 9.89 Å². The van der Waals surface area contributed by atoms with Gasteiger partial charge in [0.05, 0.1) is 19.2 Å². The summed E-state index contributed by atoms with van der Waals surface area (Å²) in [7, 11) is 1.39. The maximum absolute atomic E-state index is 11.2. The molecule has 0 heterocycles. The summed E-state index contributed by atoms with van der Waals surface area (Å²) in [6, 6.07) is 7.46. The van der Waals surface area contributed by atoms with Gasteiger partial charge in [-0.3, -0.25) is 4.79 Å². The van der Waals surface area contributed by atoms with Crippen molar-refractivity contribution >= 4 is 12.2 Å². The highest BCUT2D eigenvalue weighted by atomic mass is 16.5. The molecule has 4 nitrogen and oxygen atoms in total. The number of hydrogen-bond acceptors (Lipinski definition) is 4. The fraction of sp³-hybridized carbons (Fsp3) is 0.333. The SMILES string of the molecule is COC(=O)C(C)Cc1ccc(/C=N/O)cc1. The molecule has 1 rings (SSSR count). The van der Waals surface area contributed by atoms with Gasteiger partial charge in [0, 0.05) is 0 Å². The Kier molecular flexibility index (Phi) is 4.51. The highest BCUT2D eigenvalue weighted by Crippen LogP contribution is 2.10. The highest BCUT2D eigenvalue weighted by Gasteiger charge is 2.13. The van der Waals surface area contributed by atoms with Crippen LogP contribution in [0.4, 0.5) is 0 Å². The lowest BCUT2D eigenvalue weighted by Crippen LogP contribution is -2.15. The van der Waals surface area contributed by atoms with Crippen molar-refractivity contribution in [2.75, 3.05) is 7.11 Å². The Morgan fingerprint density at radius 3 is 2.62 bits per heavy atom. The maximum atomic E-state index is 11.2. The van der Waals surface area contributed by atoms with E-state index in [9.17, 15) is 4.79 Å². The van der Waals surface area contributed by atoms with Crippen molar-refractivity contribution in [2.24, 2.45) is 11.1 Å². The molecule has 0 saturated carbocycles. The number of ether oxygens (including phenoxy) is 1. The number of nitrogens with zero attached hydrogens (tertiary/aromatic N) is 1. The molecule has 1 atom stereocenters. The number of benzene rings is 1. The summed E-state index contributed by atoms with van der Waals surface area (Å²) in [5.74, 6) is -0.358. The fourth-order valence-electron chi connectivity index (χ4n) is 1.44. The second-order valence-electron chi connectivity index (χ2n) is 3.61. The summed E-state index contributed by atoms with van der Waals surface area (Å²) in [6.07, 6.45) is 2.00. The Labute approximate surface area is 94.5 Å². The van der Waals surface area contributed by atoms with Crippen molar-refractivity contribution in [3.63, 3.8) is 0 Å². The Morgan fingerprint density at radius 2 is 2.12 bits per heavy atom. The third-order valence-corrected chi connectivity index (χ3v) is 2.33. The zero-order valence-corrected chi connectivity index (χ0v) is 9.38. The van der Waals surface area contributed by atoms with Gasteiger partial charge in [0.2, 0.25) is 0 Å². The van der Waals surface area contributed by atoms with Gasteiger partial charge in [-0.15, -0.1) is 0 Å². The lowest BCUT2D eigenvalue weighted by atomic mass is 10.0. The Bertz CT molecular complexity index is 370. The first kappa shape index (κ1) is 12.2. The number of rotatable bonds is 4. The summed E-state index contributed by atoms with van der Waals surface area (Å²) in [4.78, 5) is 11.2. The molecule has 4 heteroatoms. The standard InChI is InChI=1S/C12H15NO3/c1-9(12(14)16-2)7-10-3-5-11(6-4-10)8-13-15/h3-6,8-9,15H,7H2,1-2H3/b13-8+. The van der Waals surface area contributed by atoms with Gasteiger partial charge in [-0.25, -0.2) is 0 Å². The van der Waals surface area contributed by atoms with Gasteiger partial charge < -0.3 is 9.94 Å². The summed E-state index contributed by atoms with van der Waals surface area (Å²) < 4.78 is 4.65. The van der Waals surface area contributed by atoms with Gasteiger partial charge in [0.1, 0.15) is 0 Å². The van der Waals surface area contributed by atoms with E-state index in [0.29, 0.717) is 6.42 Å². The molecule has 0 aliphatic carbocycles. The van der Waals surface area contributed by atoms with Crippen LogP contribution in [0.5, 0.6) is 0 Å². The van der Waals surface area contributed by atoms with E-state index in [0.717, 1.165) is 11.1 Å². The maximum Gasteiger partial charge on any atom is 0.308 e. The molecule has 0 aromatic heterocycles. The number of esters is 1. The molecule has 0 fully saturated rings.